The first-order chi connectivity index (χ1) is 10.3. The molecular weight excluding hydrogens is 256 g/mol. The van der Waals surface area contributed by atoms with Crippen molar-refractivity contribution in [2.24, 2.45) is 5.73 Å². The molecule has 0 aliphatic carbocycles. The van der Waals surface area contributed by atoms with Crippen molar-refractivity contribution in [1.29, 1.82) is 0 Å². The van der Waals surface area contributed by atoms with E-state index in [1.54, 1.807) is 0 Å². The molecule has 2 aromatic rings. The zero-order valence-electron chi connectivity index (χ0n) is 12.8. The van der Waals surface area contributed by atoms with Gasteiger partial charge in [0.25, 0.3) is 0 Å². The molecule has 1 heterocycles. The van der Waals surface area contributed by atoms with Gasteiger partial charge in [0.1, 0.15) is 0 Å². The van der Waals surface area contributed by atoms with E-state index in [0.717, 1.165) is 19.5 Å². The number of rotatable bonds is 3. The lowest BCUT2D eigenvalue weighted by Gasteiger charge is -2.27. The van der Waals surface area contributed by atoms with Gasteiger partial charge in [-0.1, -0.05) is 49.4 Å². The summed E-state index contributed by atoms with van der Waals surface area (Å²) in [7, 11) is 0. The molecule has 0 fully saturated rings. The third-order valence-corrected chi connectivity index (χ3v) is 4.47. The molecule has 0 bridgehead atoms. The molecule has 0 radical (unpaired) electrons. The van der Waals surface area contributed by atoms with E-state index in [2.05, 4.69) is 60.4 Å². The first kappa shape index (κ1) is 14.2. The Labute approximate surface area is 127 Å². The van der Waals surface area contributed by atoms with Gasteiger partial charge in [-0.05, 0) is 42.0 Å². The number of nitrogens with two attached hydrogens (primary N) is 1. The molecule has 110 valence electrons. The monoisotopic (exact) mass is 280 g/mol. The van der Waals surface area contributed by atoms with Gasteiger partial charge in [-0.25, -0.2) is 0 Å². The molecule has 1 atom stereocenters. The summed E-state index contributed by atoms with van der Waals surface area (Å²) < 4.78 is 0. The standard InChI is InChI=1S/C19H24N2/c1-2-18(20)17-11-5-6-12-19(17)21-13-7-10-15-8-3-4-9-16(15)14-21/h3-6,8-9,11-12,18H,2,7,10,13-14,20H2,1H3/t18-/m0/s1. The van der Waals surface area contributed by atoms with Gasteiger partial charge >= 0.3 is 0 Å². The molecule has 0 saturated carbocycles. The van der Waals surface area contributed by atoms with Gasteiger partial charge in [-0.3, -0.25) is 0 Å². The van der Waals surface area contributed by atoms with E-state index in [-0.39, 0.29) is 6.04 Å². The Kier molecular flexibility index (Phi) is 4.26. The lowest BCUT2D eigenvalue weighted by molar-refractivity contribution is 0.685. The minimum Gasteiger partial charge on any atom is -0.367 e. The van der Waals surface area contributed by atoms with Crippen LogP contribution < -0.4 is 10.6 Å². The maximum atomic E-state index is 6.31. The highest BCUT2D eigenvalue weighted by Crippen LogP contribution is 2.30. The molecule has 3 rings (SSSR count). The highest BCUT2D eigenvalue weighted by atomic mass is 15.1. The first-order valence-corrected chi connectivity index (χ1v) is 7.96. The van der Waals surface area contributed by atoms with E-state index in [0.29, 0.717) is 0 Å². The van der Waals surface area contributed by atoms with Crippen molar-refractivity contribution >= 4 is 5.69 Å². The maximum absolute atomic E-state index is 6.31. The number of anilines is 1. The predicted octanol–water partition coefficient (Wildman–Crippen LogP) is 4.05. The fourth-order valence-corrected chi connectivity index (χ4v) is 3.22. The van der Waals surface area contributed by atoms with Crippen LogP contribution in [0.1, 0.15) is 42.5 Å². The predicted molar refractivity (Wildman–Crippen MR) is 89.5 cm³/mol. The van der Waals surface area contributed by atoms with E-state index in [4.69, 9.17) is 5.73 Å². The Morgan fingerprint density at radius 3 is 2.57 bits per heavy atom. The van der Waals surface area contributed by atoms with Crippen molar-refractivity contribution < 1.29 is 0 Å². The van der Waals surface area contributed by atoms with Crippen LogP contribution in [0, 0.1) is 0 Å². The second kappa shape index (κ2) is 6.31. The Hall–Kier alpha value is -1.80. The average Bonchev–Trinajstić information content (AvgIpc) is 2.76. The average molecular weight is 280 g/mol. The Morgan fingerprint density at radius 2 is 1.76 bits per heavy atom. The molecule has 2 heteroatoms. The van der Waals surface area contributed by atoms with Gasteiger partial charge in [0.05, 0.1) is 0 Å². The number of fused-ring (bicyclic) bond motifs is 1. The van der Waals surface area contributed by atoms with Gasteiger partial charge in [-0.2, -0.15) is 0 Å². The van der Waals surface area contributed by atoms with E-state index >= 15 is 0 Å². The molecule has 0 amide bonds. The molecule has 21 heavy (non-hydrogen) atoms. The van der Waals surface area contributed by atoms with Crippen molar-refractivity contribution in [2.75, 3.05) is 11.4 Å². The van der Waals surface area contributed by atoms with Gasteiger partial charge in [-0.15, -0.1) is 0 Å². The molecule has 0 saturated heterocycles. The summed E-state index contributed by atoms with van der Waals surface area (Å²) in [4.78, 5) is 2.50. The van der Waals surface area contributed by atoms with Crippen molar-refractivity contribution in [2.45, 2.75) is 38.8 Å². The normalized spacial score (nSPS) is 16.2. The Bertz CT molecular complexity index is 606. The molecule has 2 N–H and O–H groups in total. The molecule has 2 nitrogen and oxygen atoms in total. The van der Waals surface area contributed by atoms with Gasteiger partial charge < -0.3 is 10.6 Å². The molecule has 0 spiro atoms. The summed E-state index contributed by atoms with van der Waals surface area (Å²) in [6.45, 7) is 4.24. The van der Waals surface area contributed by atoms with E-state index in [9.17, 15) is 0 Å². The number of aryl methyl sites for hydroxylation is 1. The number of hydrogen-bond acceptors (Lipinski definition) is 2. The lowest BCUT2D eigenvalue weighted by atomic mass is 10.0. The minimum atomic E-state index is 0.125. The summed E-state index contributed by atoms with van der Waals surface area (Å²) in [5.74, 6) is 0. The number of benzene rings is 2. The fraction of sp³-hybridized carbons (Fsp3) is 0.368. The van der Waals surface area contributed by atoms with E-state index in [1.165, 1.54) is 35.2 Å². The van der Waals surface area contributed by atoms with Crippen LogP contribution >= 0.6 is 0 Å². The number of para-hydroxylation sites is 1. The van der Waals surface area contributed by atoms with Crippen molar-refractivity contribution in [3.05, 3.63) is 65.2 Å². The Morgan fingerprint density at radius 1 is 1.05 bits per heavy atom. The molecule has 2 aromatic carbocycles. The number of hydrogen-bond donors (Lipinski definition) is 1. The van der Waals surface area contributed by atoms with Crippen molar-refractivity contribution in [3.63, 3.8) is 0 Å². The lowest BCUT2D eigenvalue weighted by Crippen LogP contribution is -2.25. The molecule has 0 aromatic heterocycles. The molecule has 1 aliphatic heterocycles. The van der Waals surface area contributed by atoms with Crippen LogP contribution in [0.2, 0.25) is 0 Å². The highest BCUT2D eigenvalue weighted by Gasteiger charge is 2.18. The van der Waals surface area contributed by atoms with Gasteiger partial charge in [0, 0.05) is 24.8 Å². The third kappa shape index (κ3) is 2.96. The van der Waals surface area contributed by atoms with Crippen molar-refractivity contribution in [3.8, 4) is 0 Å². The van der Waals surface area contributed by atoms with E-state index < -0.39 is 0 Å². The second-order valence-corrected chi connectivity index (χ2v) is 5.87. The SMILES string of the molecule is CC[C@H](N)c1ccccc1N1CCCc2ccccc2C1. The first-order valence-electron chi connectivity index (χ1n) is 7.96. The zero-order chi connectivity index (χ0) is 14.7. The molecule has 0 unspecified atom stereocenters. The van der Waals surface area contributed by atoms with Gasteiger partial charge in [0.15, 0.2) is 0 Å². The van der Waals surface area contributed by atoms with Crippen LogP contribution in [0.5, 0.6) is 0 Å². The zero-order valence-corrected chi connectivity index (χ0v) is 12.8. The number of nitrogens with zero attached hydrogens (tertiary/aromatic N) is 1. The fourth-order valence-electron chi connectivity index (χ4n) is 3.22. The topological polar surface area (TPSA) is 29.3 Å². The third-order valence-electron chi connectivity index (χ3n) is 4.47. The van der Waals surface area contributed by atoms with Crippen molar-refractivity contribution in [1.82, 2.24) is 0 Å². The van der Waals surface area contributed by atoms with Crippen LogP contribution in [-0.2, 0) is 13.0 Å². The smallest absolute Gasteiger partial charge is 0.0432 e. The summed E-state index contributed by atoms with van der Waals surface area (Å²) in [5, 5.41) is 0. The minimum absolute atomic E-state index is 0.125. The second-order valence-electron chi connectivity index (χ2n) is 5.87. The summed E-state index contributed by atoms with van der Waals surface area (Å²) in [5.41, 5.74) is 11.8. The van der Waals surface area contributed by atoms with Crippen LogP contribution in [0.4, 0.5) is 5.69 Å². The van der Waals surface area contributed by atoms with Crippen LogP contribution in [0.15, 0.2) is 48.5 Å². The summed E-state index contributed by atoms with van der Waals surface area (Å²) in [6, 6.07) is 17.6. The Balaban J connectivity index is 1.94. The van der Waals surface area contributed by atoms with E-state index in [1.807, 2.05) is 0 Å². The molecule has 1 aliphatic rings. The maximum Gasteiger partial charge on any atom is 0.0432 e. The van der Waals surface area contributed by atoms with Crippen LogP contribution in [-0.4, -0.2) is 6.54 Å². The summed E-state index contributed by atoms with van der Waals surface area (Å²) >= 11 is 0. The van der Waals surface area contributed by atoms with Crippen LogP contribution in [0.3, 0.4) is 0 Å². The quantitative estimate of drug-likeness (QED) is 0.919. The highest BCUT2D eigenvalue weighted by molar-refractivity contribution is 5.56. The van der Waals surface area contributed by atoms with Crippen LogP contribution in [0.25, 0.3) is 0 Å². The molecular formula is C19H24N2. The summed E-state index contributed by atoms with van der Waals surface area (Å²) in [6.07, 6.45) is 3.35. The van der Waals surface area contributed by atoms with Gasteiger partial charge in [0.2, 0.25) is 0 Å². The largest absolute Gasteiger partial charge is 0.367 e.